The van der Waals surface area contributed by atoms with E-state index >= 15 is 0 Å². The number of allylic oxidation sites excluding steroid dienone is 4. The fourth-order valence-electron chi connectivity index (χ4n) is 1.50. The van der Waals surface area contributed by atoms with Crippen LogP contribution in [0.1, 0.15) is 45.4 Å². The first kappa shape index (κ1) is 23.0. The maximum absolute atomic E-state index is 4.94. The second-order valence-corrected chi connectivity index (χ2v) is 3.73. The summed E-state index contributed by atoms with van der Waals surface area (Å²) in [6.45, 7) is 4.22. The van der Waals surface area contributed by atoms with Gasteiger partial charge in [0, 0.05) is 13.2 Å². The van der Waals surface area contributed by atoms with Crippen LogP contribution in [-0.2, 0) is 30.9 Å². The predicted octanol–water partition coefficient (Wildman–Crippen LogP) is -2.33. The summed E-state index contributed by atoms with van der Waals surface area (Å²) in [5, 5.41) is 0. The second-order valence-electron chi connectivity index (χ2n) is 3.73. The standard InChI is InChI=1S/C9H13.C4H8O.2ClH.Zr/c1-2-3-6-9-7-4-5-8-9;1-2-4-5-3-1;;;/h4,7H,2-3,5-6H2,1H3;1-4H2;2*1H;/q-1;;;;+3/p-2. The fraction of sp³-hybridized carbons (Fsp3) is 0.692. The van der Waals surface area contributed by atoms with Crippen molar-refractivity contribution in [1.29, 1.82) is 0 Å². The molecular formula is C13H21Cl2OZr. The Morgan fingerprint density at radius 2 is 1.88 bits per heavy atom. The van der Waals surface area contributed by atoms with E-state index in [-0.39, 0.29) is 51.0 Å². The molecule has 0 aromatic heterocycles. The van der Waals surface area contributed by atoms with E-state index in [0.29, 0.717) is 0 Å². The molecule has 0 N–H and O–H groups in total. The molecule has 0 amide bonds. The average molecular weight is 355 g/mol. The van der Waals surface area contributed by atoms with Crippen molar-refractivity contribution in [2.24, 2.45) is 0 Å². The number of hydrogen-bond donors (Lipinski definition) is 0. The van der Waals surface area contributed by atoms with Crippen LogP contribution in [0, 0.1) is 6.08 Å². The SMILES string of the molecule is C1CCOC1.CCCCC1=[C-]CC=C1.[Cl-].[Cl-].[Zr+3]. The molecule has 1 aliphatic carbocycles. The molecule has 17 heavy (non-hydrogen) atoms. The summed E-state index contributed by atoms with van der Waals surface area (Å²) in [6, 6.07) is 0. The monoisotopic (exact) mass is 353 g/mol. The van der Waals surface area contributed by atoms with Crippen LogP contribution in [-0.4, -0.2) is 13.2 Å². The van der Waals surface area contributed by atoms with Crippen LogP contribution in [0.2, 0.25) is 0 Å². The average Bonchev–Trinajstić information content (AvgIpc) is 2.90. The summed E-state index contributed by atoms with van der Waals surface area (Å²) in [5.74, 6) is 0. The molecule has 2 aliphatic rings. The van der Waals surface area contributed by atoms with E-state index in [0.717, 1.165) is 19.6 Å². The Balaban J connectivity index is -0.000000216. The van der Waals surface area contributed by atoms with Crippen molar-refractivity contribution >= 4 is 0 Å². The van der Waals surface area contributed by atoms with Crippen molar-refractivity contribution in [3.05, 3.63) is 23.8 Å². The van der Waals surface area contributed by atoms with Gasteiger partial charge in [0.15, 0.2) is 0 Å². The maximum atomic E-state index is 4.94. The quantitative estimate of drug-likeness (QED) is 0.516. The third-order valence-electron chi connectivity index (χ3n) is 2.39. The number of halogens is 2. The van der Waals surface area contributed by atoms with Crippen molar-refractivity contribution in [2.45, 2.75) is 45.4 Å². The molecule has 1 fully saturated rings. The molecule has 4 heteroatoms. The first-order valence-electron chi connectivity index (χ1n) is 5.77. The molecule has 1 radical (unpaired) electrons. The van der Waals surface area contributed by atoms with Crippen molar-refractivity contribution < 1.29 is 55.8 Å². The van der Waals surface area contributed by atoms with Gasteiger partial charge >= 0.3 is 26.2 Å². The van der Waals surface area contributed by atoms with E-state index < -0.39 is 0 Å². The Kier molecular flexibility index (Phi) is 22.9. The fourth-order valence-corrected chi connectivity index (χ4v) is 1.50. The Labute approximate surface area is 137 Å². The number of rotatable bonds is 3. The van der Waals surface area contributed by atoms with Gasteiger partial charge in [-0.25, -0.2) is 11.6 Å². The van der Waals surface area contributed by atoms with Crippen LogP contribution in [0.15, 0.2) is 17.7 Å². The second kappa shape index (κ2) is 16.9. The number of unbranched alkanes of at least 4 members (excludes halogenated alkanes) is 1. The zero-order valence-corrected chi connectivity index (χ0v) is 14.4. The van der Waals surface area contributed by atoms with Gasteiger partial charge in [-0.1, -0.05) is 26.2 Å². The molecule has 0 aromatic rings. The molecule has 2 rings (SSSR count). The zero-order valence-electron chi connectivity index (χ0n) is 10.5. The van der Waals surface area contributed by atoms with Crippen molar-refractivity contribution in [2.75, 3.05) is 13.2 Å². The Bertz CT molecular complexity index is 194. The number of ether oxygens (including phenoxy) is 1. The van der Waals surface area contributed by atoms with Crippen LogP contribution >= 0.6 is 0 Å². The minimum Gasteiger partial charge on any atom is -1.00 e. The Morgan fingerprint density at radius 1 is 1.24 bits per heavy atom. The third kappa shape index (κ3) is 13.1. The molecular weight excluding hydrogens is 334 g/mol. The Hall–Kier alpha value is 0.903. The molecule has 0 unspecified atom stereocenters. The van der Waals surface area contributed by atoms with E-state index in [1.54, 1.807) is 0 Å². The summed E-state index contributed by atoms with van der Waals surface area (Å²) >= 11 is 0. The molecule has 97 valence electrons. The first-order valence-corrected chi connectivity index (χ1v) is 5.77. The van der Waals surface area contributed by atoms with Crippen LogP contribution in [0.3, 0.4) is 0 Å². The normalized spacial score (nSPS) is 15.7. The summed E-state index contributed by atoms with van der Waals surface area (Å²) in [4.78, 5) is 0. The van der Waals surface area contributed by atoms with Gasteiger partial charge in [0.25, 0.3) is 0 Å². The molecule has 1 nitrogen and oxygen atoms in total. The minimum atomic E-state index is 0. The van der Waals surface area contributed by atoms with Gasteiger partial charge in [-0.05, 0) is 12.8 Å². The van der Waals surface area contributed by atoms with Gasteiger partial charge < -0.3 is 29.6 Å². The molecule has 1 heterocycles. The van der Waals surface area contributed by atoms with Crippen molar-refractivity contribution in [1.82, 2.24) is 0 Å². The molecule has 0 aromatic carbocycles. The van der Waals surface area contributed by atoms with E-state index in [2.05, 4.69) is 25.2 Å². The smallest absolute Gasteiger partial charge is 1.00 e. The minimum absolute atomic E-state index is 0. The molecule has 0 bridgehead atoms. The van der Waals surface area contributed by atoms with E-state index in [1.165, 1.54) is 37.7 Å². The summed E-state index contributed by atoms with van der Waals surface area (Å²) in [5.41, 5.74) is 1.41. The largest absolute Gasteiger partial charge is 3.00 e. The van der Waals surface area contributed by atoms with E-state index in [1.807, 2.05) is 0 Å². The number of hydrogen-bond acceptors (Lipinski definition) is 1. The molecule has 1 saturated heterocycles. The van der Waals surface area contributed by atoms with Gasteiger partial charge in [-0.3, -0.25) is 6.08 Å². The molecule has 0 spiro atoms. The summed E-state index contributed by atoms with van der Waals surface area (Å²) in [7, 11) is 0. The van der Waals surface area contributed by atoms with Crippen LogP contribution in [0.5, 0.6) is 0 Å². The van der Waals surface area contributed by atoms with Crippen LogP contribution < -0.4 is 24.8 Å². The van der Waals surface area contributed by atoms with Gasteiger partial charge in [-0.15, -0.1) is 6.42 Å². The molecule has 0 saturated carbocycles. The van der Waals surface area contributed by atoms with Gasteiger partial charge in [0.05, 0.1) is 0 Å². The van der Waals surface area contributed by atoms with Crippen molar-refractivity contribution in [3.63, 3.8) is 0 Å². The van der Waals surface area contributed by atoms with Gasteiger partial charge in [-0.2, -0.15) is 6.08 Å². The van der Waals surface area contributed by atoms with E-state index in [9.17, 15) is 0 Å². The topological polar surface area (TPSA) is 9.23 Å². The molecule has 1 aliphatic heterocycles. The van der Waals surface area contributed by atoms with Gasteiger partial charge in [0.1, 0.15) is 0 Å². The van der Waals surface area contributed by atoms with Crippen molar-refractivity contribution in [3.8, 4) is 0 Å². The third-order valence-corrected chi connectivity index (χ3v) is 2.39. The van der Waals surface area contributed by atoms with Crippen LogP contribution in [0.25, 0.3) is 0 Å². The molecule has 0 atom stereocenters. The van der Waals surface area contributed by atoms with Gasteiger partial charge in [0.2, 0.25) is 0 Å². The summed E-state index contributed by atoms with van der Waals surface area (Å²) in [6.07, 6.45) is 15.1. The predicted molar refractivity (Wildman–Crippen MR) is 60.1 cm³/mol. The zero-order chi connectivity index (χ0) is 10.1. The van der Waals surface area contributed by atoms with Crippen LogP contribution in [0.4, 0.5) is 0 Å². The summed E-state index contributed by atoms with van der Waals surface area (Å²) < 4.78 is 4.94. The Morgan fingerprint density at radius 3 is 2.24 bits per heavy atom. The van der Waals surface area contributed by atoms with E-state index in [4.69, 9.17) is 4.74 Å². The first-order chi connectivity index (χ1) is 6.93. The maximum Gasteiger partial charge on any atom is 3.00 e.